The second-order valence-corrected chi connectivity index (χ2v) is 10.1. The van der Waals surface area contributed by atoms with Crippen molar-refractivity contribution in [1.82, 2.24) is 0 Å². The van der Waals surface area contributed by atoms with E-state index >= 15 is 0 Å². The summed E-state index contributed by atoms with van der Waals surface area (Å²) < 4.78 is 142. The maximum absolute atomic E-state index is 13.7. The lowest BCUT2D eigenvalue weighted by Crippen LogP contribution is -2.54. The molecule has 0 radical (unpaired) electrons. The van der Waals surface area contributed by atoms with Crippen molar-refractivity contribution >= 4 is 7.32 Å². The summed E-state index contributed by atoms with van der Waals surface area (Å²) in [5.74, 6) is -0.617. The van der Waals surface area contributed by atoms with E-state index in [1.54, 1.807) is 21.1 Å². The summed E-state index contributed by atoms with van der Waals surface area (Å²) in [4.78, 5) is 0. The van der Waals surface area contributed by atoms with Gasteiger partial charge in [0.1, 0.15) is 17.2 Å². The number of quaternary nitrogens is 1. The van der Waals surface area contributed by atoms with Crippen LogP contribution in [0.2, 0.25) is 0 Å². The number of hydrogen-bond acceptors (Lipinski definition) is 4. The Morgan fingerprint density at radius 3 is 1.29 bits per heavy atom. The predicted octanol–water partition coefficient (Wildman–Crippen LogP) is 7.79. The van der Waals surface area contributed by atoms with Gasteiger partial charge >= 0.3 is 25.9 Å². The maximum Gasteiger partial charge on any atom is 0.864 e. The van der Waals surface area contributed by atoms with Crippen LogP contribution in [0.25, 0.3) is 0 Å². The number of hydrogen-bond donors (Lipinski definition) is 0. The highest BCUT2D eigenvalue weighted by Crippen LogP contribution is 2.42. The van der Waals surface area contributed by atoms with Gasteiger partial charge < -0.3 is 18.7 Å². The quantitative estimate of drug-likeness (QED) is 0.107. The van der Waals surface area contributed by atoms with Gasteiger partial charge in [0.25, 0.3) is 0 Å². The Morgan fingerprint density at radius 2 is 0.952 bits per heavy atom. The Bertz CT molecular complexity index is 1290. The first-order chi connectivity index (χ1) is 19.1. The van der Waals surface area contributed by atoms with E-state index in [4.69, 9.17) is 18.7 Å². The molecule has 0 N–H and O–H groups in total. The smallest absolute Gasteiger partial charge is 0.490 e. The molecule has 0 saturated carbocycles. The number of rotatable bonds is 9. The van der Waals surface area contributed by atoms with Gasteiger partial charge in [-0.1, -0.05) is 0 Å². The van der Waals surface area contributed by atoms with Gasteiger partial charge in [0, 0.05) is 14.0 Å². The highest BCUT2D eigenvalue weighted by Gasteiger charge is 2.46. The van der Waals surface area contributed by atoms with Gasteiger partial charge in [0.15, 0.2) is 0 Å². The minimum absolute atomic E-state index is 0.0502. The third kappa shape index (κ3) is 7.62. The Labute approximate surface area is 236 Å². The number of benzene rings is 3. The van der Waals surface area contributed by atoms with Crippen LogP contribution in [0.4, 0.5) is 39.5 Å². The number of methoxy groups -OCH3 is 1. The van der Waals surface area contributed by atoms with E-state index in [1.807, 2.05) is 0 Å². The van der Waals surface area contributed by atoms with Crippen LogP contribution in [-0.4, -0.2) is 40.1 Å². The highest BCUT2D eigenvalue weighted by atomic mass is 19.4. The second kappa shape index (κ2) is 11.6. The molecule has 0 heterocycles. The van der Waals surface area contributed by atoms with Crippen LogP contribution in [0.3, 0.4) is 0 Å². The summed E-state index contributed by atoms with van der Waals surface area (Å²) in [5.41, 5.74) is -4.54. The van der Waals surface area contributed by atoms with Crippen LogP contribution in [0, 0.1) is 0 Å². The van der Waals surface area contributed by atoms with Crippen molar-refractivity contribution in [3.8, 4) is 17.2 Å². The Morgan fingerprint density at radius 1 is 0.571 bits per heavy atom. The van der Waals surface area contributed by atoms with Crippen LogP contribution >= 0.6 is 0 Å². The first kappa shape index (κ1) is 32.9. The molecule has 3 aromatic rings. The molecule has 0 aliphatic heterocycles. The SMILES string of the molecule is COC(C)(c1cc(C(F)(F)F)ccc1OB(Oc1ccc(C(F)(F)F)cc1)Oc1ccc(C(F)(F)F)cc1)[N+](C)(C)C. The molecule has 0 aliphatic carbocycles. The molecule has 3 rings (SSSR count). The first-order valence-electron chi connectivity index (χ1n) is 12.1. The van der Waals surface area contributed by atoms with Gasteiger partial charge in [-0.2, -0.15) is 39.5 Å². The molecule has 0 amide bonds. The second-order valence-electron chi connectivity index (χ2n) is 10.1. The molecular formula is C27H26BF9NO4+. The Balaban J connectivity index is 2.08. The number of nitrogens with zero attached hydrogens (tertiary/aromatic N) is 1. The van der Waals surface area contributed by atoms with E-state index in [-0.39, 0.29) is 27.3 Å². The predicted molar refractivity (Wildman–Crippen MR) is 134 cm³/mol. The van der Waals surface area contributed by atoms with E-state index in [0.717, 1.165) is 42.5 Å². The monoisotopic (exact) mass is 610 g/mol. The maximum atomic E-state index is 13.7. The standard InChI is InChI=1S/C27H26BF9NO4/c1-24(39-5,38(2,3)4)22-16-19(27(35,36)37)10-15-23(22)42-28(40-20-11-6-17(7-12-20)25(29,30)31)41-21-13-8-18(9-14-21)26(32,33)34/h6-16H,1-5H3/q+1. The zero-order valence-electron chi connectivity index (χ0n) is 22.9. The van der Waals surface area contributed by atoms with E-state index in [9.17, 15) is 39.5 Å². The van der Waals surface area contributed by atoms with Gasteiger partial charge in [0.2, 0.25) is 5.72 Å². The van der Waals surface area contributed by atoms with Crippen LogP contribution in [0.15, 0.2) is 66.7 Å². The zero-order valence-corrected chi connectivity index (χ0v) is 22.9. The van der Waals surface area contributed by atoms with Crippen molar-refractivity contribution in [2.75, 3.05) is 28.3 Å². The summed E-state index contributed by atoms with van der Waals surface area (Å²) in [7, 11) is 4.36. The Kier molecular flexibility index (Phi) is 9.09. The number of ether oxygens (including phenoxy) is 1. The largest absolute Gasteiger partial charge is 0.864 e. The molecule has 15 heteroatoms. The molecule has 0 aromatic heterocycles. The zero-order chi connectivity index (χ0) is 31.7. The molecule has 42 heavy (non-hydrogen) atoms. The van der Waals surface area contributed by atoms with Crippen LogP contribution in [-0.2, 0) is 29.0 Å². The van der Waals surface area contributed by atoms with Gasteiger partial charge in [0.05, 0.1) is 43.4 Å². The average Bonchev–Trinajstić information content (AvgIpc) is 2.86. The Hall–Kier alpha value is -3.59. The van der Waals surface area contributed by atoms with E-state index in [0.29, 0.717) is 24.3 Å². The molecule has 1 unspecified atom stereocenters. The summed E-state index contributed by atoms with van der Waals surface area (Å²) in [6.45, 7) is 1.51. The van der Waals surface area contributed by atoms with Crippen molar-refractivity contribution in [3.63, 3.8) is 0 Å². The fourth-order valence-corrected chi connectivity index (χ4v) is 3.76. The lowest BCUT2D eigenvalue weighted by atomic mass is 9.97. The summed E-state index contributed by atoms with van der Waals surface area (Å²) in [5, 5.41) is 0. The molecule has 5 nitrogen and oxygen atoms in total. The summed E-state index contributed by atoms with van der Waals surface area (Å²) >= 11 is 0. The van der Waals surface area contributed by atoms with Crippen molar-refractivity contribution in [2.24, 2.45) is 0 Å². The van der Waals surface area contributed by atoms with E-state index in [2.05, 4.69) is 0 Å². The number of halogens is 9. The van der Waals surface area contributed by atoms with Gasteiger partial charge in [-0.25, -0.2) is 0 Å². The molecule has 0 fully saturated rings. The lowest BCUT2D eigenvalue weighted by Gasteiger charge is -2.43. The first-order valence-corrected chi connectivity index (χ1v) is 12.1. The molecule has 0 bridgehead atoms. The summed E-state index contributed by atoms with van der Waals surface area (Å²) in [6, 6.07) is 9.21. The average molecular weight is 610 g/mol. The molecule has 3 aromatic carbocycles. The fraction of sp³-hybridized carbons (Fsp3) is 0.333. The molecule has 0 saturated heterocycles. The van der Waals surface area contributed by atoms with Crippen LogP contribution in [0.1, 0.15) is 29.2 Å². The molecule has 0 spiro atoms. The minimum Gasteiger partial charge on any atom is -0.490 e. The van der Waals surface area contributed by atoms with Crippen molar-refractivity contribution in [1.29, 1.82) is 0 Å². The third-order valence-corrected chi connectivity index (χ3v) is 6.54. The van der Waals surface area contributed by atoms with E-state index < -0.39 is 48.3 Å². The topological polar surface area (TPSA) is 36.9 Å². The van der Waals surface area contributed by atoms with Crippen molar-refractivity contribution in [3.05, 3.63) is 89.0 Å². The molecule has 228 valence electrons. The van der Waals surface area contributed by atoms with Crippen LogP contribution in [0.5, 0.6) is 17.2 Å². The molecule has 1 atom stereocenters. The highest BCUT2D eigenvalue weighted by molar-refractivity contribution is 6.39. The van der Waals surface area contributed by atoms with Crippen LogP contribution < -0.4 is 14.0 Å². The van der Waals surface area contributed by atoms with E-state index in [1.165, 1.54) is 14.0 Å². The van der Waals surface area contributed by atoms with Crippen molar-refractivity contribution in [2.45, 2.75) is 31.2 Å². The molecular weight excluding hydrogens is 584 g/mol. The number of alkyl halides is 9. The third-order valence-electron chi connectivity index (χ3n) is 6.54. The lowest BCUT2D eigenvalue weighted by molar-refractivity contribution is -0.957. The normalized spacial score (nSPS) is 14.2. The minimum atomic E-state index is -4.74. The molecule has 0 aliphatic rings. The fourth-order valence-electron chi connectivity index (χ4n) is 3.76. The summed E-state index contributed by atoms with van der Waals surface area (Å²) in [6.07, 6.45) is -14.0. The van der Waals surface area contributed by atoms with Gasteiger partial charge in [-0.15, -0.1) is 0 Å². The van der Waals surface area contributed by atoms with Crippen molar-refractivity contribution < 1.29 is 62.7 Å². The van der Waals surface area contributed by atoms with Gasteiger partial charge in [-0.05, 0) is 66.7 Å². The van der Waals surface area contributed by atoms with Gasteiger partial charge in [-0.3, -0.25) is 4.48 Å².